The summed E-state index contributed by atoms with van der Waals surface area (Å²) in [5, 5.41) is 2.79. The Morgan fingerprint density at radius 3 is 2.42 bits per heavy atom. The Morgan fingerprint density at radius 1 is 1.03 bits per heavy atom. The van der Waals surface area contributed by atoms with E-state index >= 15 is 0 Å². The summed E-state index contributed by atoms with van der Waals surface area (Å²) in [5.41, 5.74) is 3.18. The van der Waals surface area contributed by atoms with Crippen molar-refractivity contribution >= 4 is 21.6 Å². The summed E-state index contributed by atoms with van der Waals surface area (Å²) < 4.78 is 37.9. The van der Waals surface area contributed by atoms with Gasteiger partial charge in [0.15, 0.2) is 6.10 Å². The van der Waals surface area contributed by atoms with Gasteiger partial charge in [-0.2, -0.15) is 4.31 Å². The number of hydrogen-bond donors (Lipinski definition) is 1. The molecule has 8 heteroatoms. The Bertz CT molecular complexity index is 1030. The summed E-state index contributed by atoms with van der Waals surface area (Å²) in [6.07, 6.45) is 3.87. The minimum atomic E-state index is -3.56. The maximum atomic E-state index is 12.7. The molecule has 1 fully saturated rings. The second-order valence-electron chi connectivity index (χ2n) is 7.93. The highest BCUT2D eigenvalue weighted by molar-refractivity contribution is 7.89. The second kappa shape index (κ2) is 9.38. The molecule has 7 nitrogen and oxygen atoms in total. The van der Waals surface area contributed by atoms with Crippen LogP contribution in [0.1, 0.15) is 30.9 Å². The zero-order valence-corrected chi connectivity index (χ0v) is 18.5. The number of sulfonamides is 1. The molecule has 1 saturated heterocycles. The minimum absolute atomic E-state index is 0.200. The van der Waals surface area contributed by atoms with E-state index in [1.54, 1.807) is 19.1 Å². The SMILES string of the molecule is CC(Oc1ccc2c(c1)CCCC2)C(=O)Nc1ccc(S(=O)(=O)N2CCOCC2)cc1. The van der Waals surface area contributed by atoms with Gasteiger partial charge in [-0.1, -0.05) is 6.07 Å². The van der Waals surface area contributed by atoms with Gasteiger partial charge in [-0.15, -0.1) is 0 Å². The van der Waals surface area contributed by atoms with Gasteiger partial charge in [0.05, 0.1) is 18.1 Å². The van der Waals surface area contributed by atoms with E-state index in [1.807, 2.05) is 12.1 Å². The van der Waals surface area contributed by atoms with Gasteiger partial charge in [0.1, 0.15) is 5.75 Å². The standard InChI is InChI=1S/C23H28N2O5S/c1-17(30-21-9-6-18-4-2-3-5-19(18)16-21)23(26)24-20-7-10-22(11-8-20)31(27,28)25-12-14-29-15-13-25/h6-11,16-17H,2-5,12-15H2,1H3,(H,24,26). The van der Waals surface area contributed by atoms with E-state index in [0.29, 0.717) is 37.7 Å². The fourth-order valence-corrected chi connectivity index (χ4v) is 5.34. The summed E-state index contributed by atoms with van der Waals surface area (Å²) >= 11 is 0. The van der Waals surface area contributed by atoms with Crippen molar-refractivity contribution < 1.29 is 22.7 Å². The first-order valence-corrected chi connectivity index (χ1v) is 12.1. The van der Waals surface area contributed by atoms with Gasteiger partial charge < -0.3 is 14.8 Å². The molecule has 1 N–H and O–H groups in total. The first-order chi connectivity index (χ1) is 14.9. The average Bonchev–Trinajstić information content (AvgIpc) is 2.80. The third kappa shape index (κ3) is 5.08. The molecule has 2 aliphatic rings. The van der Waals surface area contributed by atoms with Crippen molar-refractivity contribution in [3.8, 4) is 5.75 Å². The number of aryl methyl sites for hydroxylation is 2. The summed E-state index contributed by atoms with van der Waals surface area (Å²) in [5.74, 6) is 0.400. The number of carbonyl (C=O) groups excluding carboxylic acids is 1. The zero-order valence-electron chi connectivity index (χ0n) is 17.7. The Balaban J connectivity index is 1.37. The molecule has 166 valence electrons. The van der Waals surface area contributed by atoms with E-state index < -0.39 is 16.1 Å². The maximum Gasteiger partial charge on any atom is 0.265 e. The lowest BCUT2D eigenvalue weighted by molar-refractivity contribution is -0.122. The van der Waals surface area contributed by atoms with Crippen LogP contribution in [0.3, 0.4) is 0 Å². The highest BCUT2D eigenvalue weighted by Crippen LogP contribution is 2.26. The molecule has 0 radical (unpaired) electrons. The molecule has 1 aliphatic carbocycles. The average molecular weight is 445 g/mol. The monoisotopic (exact) mass is 444 g/mol. The molecule has 0 aromatic heterocycles. The summed E-state index contributed by atoms with van der Waals surface area (Å²) in [6, 6.07) is 12.2. The minimum Gasteiger partial charge on any atom is -0.481 e. The third-order valence-electron chi connectivity index (χ3n) is 5.73. The Kier molecular flexibility index (Phi) is 6.60. The van der Waals surface area contributed by atoms with Crippen LogP contribution in [-0.4, -0.2) is 51.0 Å². The fraction of sp³-hybridized carbons (Fsp3) is 0.435. The Labute approximate surface area is 183 Å². The number of carbonyl (C=O) groups is 1. The van der Waals surface area contributed by atoms with Crippen LogP contribution in [0.15, 0.2) is 47.4 Å². The molecule has 1 unspecified atom stereocenters. The first-order valence-electron chi connectivity index (χ1n) is 10.7. The molecule has 2 aromatic rings. The van der Waals surface area contributed by atoms with Crippen molar-refractivity contribution in [2.75, 3.05) is 31.6 Å². The van der Waals surface area contributed by atoms with Crippen molar-refractivity contribution in [2.24, 2.45) is 0 Å². The molecule has 0 bridgehead atoms. The van der Waals surface area contributed by atoms with E-state index in [1.165, 1.54) is 40.4 Å². The van der Waals surface area contributed by atoms with E-state index in [4.69, 9.17) is 9.47 Å². The number of nitrogens with one attached hydrogen (secondary N) is 1. The van der Waals surface area contributed by atoms with Crippen LogP contribution in [0.5, 0.6) is 5.75 Å². The molecule has 1 atom stereocenters. The third-order valence-corrected chi connectivity index (χ3v) is 7.64. The first kappa shape index (κ1) is 21.8. The molecular formula is C23H28N2O5S. The van der Waals surface area contributed by atoms with Gasteiger partial charge in [0, 0.05) is 18.8 Å². The lowest BCUT2D eigenvalue weighted by Gasteiger charge is -2.26. The highest BCUT2D eigenvalue weighted by Gasteiger charge is 2.26. The topological polar surface area (TPSA) is 84.9 Å². The molecule has 31 heavy (non-hydrogen) atoms. The molecule has 1 heterocycles. The van der Waals surface area contributed by atoms with Gasteiger partial charge >= 0.3 is 0 Å². The molecular weight excluding hydrogens is 416 g/mol. The van der Waals surface area contributed by atoms with Crippen molar-refractivity contribution in [2.45, 2.75) is 43.6 Å². The zero-order chi connectivity index (χ0) is 21.8. The predicted octanol–water partition coefficient (Wildman–Crippen LogP) is 2.99. The van der Waals surface area contributed by atoms with Crippen LogP contribution >= 0.6 is 0 Å². The number of fused-ring (bicyclic) bond motifs is 1. The van der Waals surface area contributed by atoms with Gasteiger partial charge in [-0.05, 0) is 80.1 Å². The number of nitrogens with zero attached hydrogens (tertiary/aromatic N) is 1. The second-order valence-corrected chi connectivity index (χ2v) is 9.87. The Hall–Kier alpha value is -2.42. The maximum absolute atomic E-state index is 12.7. The fourth-order valence-electron chi connectivity index (χ4n) is 3.93. The predicted molar refractivity (Wildman–Crippen MR) is 118 cm³/mol. The van der Waals surface area contributed by atoms with Gasteiger partial charge in [-0.3, -0.25) is 4.79 Å². The van der Waals surface area contributed by atoms with Crippen molar-refractivity contribution in [3.05, 3.63) is 53.6 Å². The van der Waals surface area contributed by atoms with E-state index in [0.717, 1.165) is 12.8 Å². The number of morpholine rings is 1. The van der Waals surface area contributed by atoms with Gasteiger partial charge in [0.2, 0.25) is 10.0 Å². The number of hydrogen-bond acceptors (Lipinski definition) is 5. The molecule has 0 saturated carbocycles. The van der Waals surface area contributed by atoms with Crippen molar-refractivity contribution in [1.82, 2.24) is 4.31 Å². The van der Waals surface area contributed by atoms with Crippen molar-refractivity contribution in [3.63, 3.8) is 0 Å². The lowest BCUT2D eigenvalue weighted by Crippen LogP contribution is -2.40. The van der Waals surface area contributed by atoms with E-state index in [2.05, 4.69) is 11.4 Å². The van der Waals surface area contributed by atoms with E-state index in [-0.39, 0.29) is 10.8 Å². The lowest BCUT2D eigenvalue weighted by atomic mass is 9.92. The number of benzene rings is 2. The summed E-state index contributed by atoms with van der Waals surface area (Å²) in [6.45, 7) is 3.19. The quantitative estimate of drug-likeness (QED) is 0.740. The van der Waals surface area contributed by atoms with Crippen LogP contribution < -0.4 is 10.1 Å². The van der Waals surface area contributed by atoms with Crippen molar-refractivity contribution in [1.29, 1.82) is 0 Å². The normalized spacial score (nSPS) is 18.1. The van der Waals surface area contributed by atoms with Gasteiger partial charge in [-0.25, -0.2) is 8.42 Å². The highest BCUT2D eigenvalue weighted by atomic mass is 32.2. The number of rotatable bonds is 6. The smallest absolute Gasteiger partial charge is 0.265 e. The van der Waals surface area contributed by atoms with Crippen LogP contribution in [-0.2, 0) is 32.4 Å². The van der Waals surface area contributed by atoms with Crippen LogP contribution in [0.4, 0.5) is 5.69 Å². The van der Waals surface area contributed by atoms with Crippen LogP contribution in [0.25, 0.3) is 0 Å². The summed E-state index contributed by atoms with van der Waals surface area (Å²) in [4.78, 5) is 12.8. The molecule has 0 spiro atoms. The Morgan fingerprint density at radius 2 is 1.71 bits per heavy atom. The van der Waals surface area contributed by atoms with Crippen LogP contribution in [0, 0.1) is 0 Å². The largest absolute Gasteiger partial charge is 0.481 e. The molecule has 4 rings (SSSR count). The van der Waals surface area contributed by atoms with Gasteiger partial charge in [0.25, 0.3) is 5.91 Å². The molecule has 1 amide bonds. The van der Waals surface area contributed by atoms with Crippen LogP contribution in [0.2, 0.25) is 0 Å². The summed E-state index contributed by atoms with van der Waals surface area (Å²) in [7, 11) is -3.56. The molecule has 1 aliphatic heterocycles. The molecule has 2 aromatic carbocycles. The number of amides is 1. The number of anilines is 1. The number of ether oxygens (including phenoxy) is 2. The van der Waals surface area contributed by atoms with E-state index in [9.17, 15) is 13.2 Å².